The molecule has 0 aliphatic carbocycles. The zero-order valence-electron chi connectivity index (χ0n) is 4.94. The summed E-state index contributed by atoms with van der Waals surface area (Å²) in [6.07, 6.45) is 1.67. The molecule has 10 heavy (non-hydrogen) atoms. The summed E-state index contributed by atoms with van der Waals surface area (Å²) >= 11 is 12.4. The fraction of sp³-hybridized carbons (Fsp3) is 0.167. The Labute approximate surface area is 81.1 Å². The molecule has 0 radical (unpaired) electrons. The maximum absolute atomic E-state index is 5.76. The van der Waals surface area contributed by atoms with Crippen LogP contribution in [-0.4, -0.2) is 4.98 Å². The van der Waals surface area contributed by atoms with Crippen molar-refractivity contribution in [3.63, 3.8) is 0 Å². The summed E-state index contributed by atoms with van der Waals surface area (Å²) in [5.41, 5.74) is 0.990. The molecular formula is C6H4Br2ClN. The molecule has 0 aliphatic rings. The van der Waals surface area contributed by atoms with Gasteiger partial charge >= 0.3 is 0 Å². The lowest BCUT2D eigenvalue weighted by molar-refractivity contribution is 1.24. The second-order valence-corrected chi connectivity index (χ2v) is 3.47. The Morgan fingerprint density at radius 3 is 2.70 bits per heavy atom. The molecule has 0 bridgehead atoms. The van der Waals surface area contributed by atoms with Gasteiger partial charge < -0.3 is 0 Å². The van der Waals surface area contributed by atoms with E-state index in [1.165, 1.54) is 0 Å². The summed E-state index contributed by atoms with van der Waals surface area (Å²) in [4.78, 5) is 3.92. The van der Waals surface area contributed by atoms with Gasteiger partial charge in [0.15, 0.2) is 0 Å². The predicted molar refractivity (Wildman–Crippen MR) is 49.6 cm³/mol. The first-order chi connectivity index (χ1) is 4.75. The normalized spacial score (nSPS) is 9.90. The maximum Gasteiger partial charge on any atom is 0.134 e. The van der Waals surface area contributed by atoms with E-state index in [1.54, 1.807) is 6.20 Å². The zero-order chi connectivity index (χ0) is 7.56. The van der Waals surface area contributed by atoms with Gasteiger partial charge in [0.1, 0.15) is 5.15 Å². The molecule has 1 aromatic rings. The van der Waals surface area contributed by atoms with Crippen LogP contribution in [-0.2, 0) is 5.33 Å². The van der Waals surface area contributed by atoms with E-state index in [9.17, 15) is 0 Å². The highest BCUT2D eigenvalue weighted by atomic mass is 79.9. The number of hydrogen-bond acceptors (Lipinski definition) is 1. The summed E-state index contributed by atoms with van der Waals surface area (Å²) in [6.45, 7) is 0. The van der Waals surface area contributed by atoms with Crippen LogP contribution < -0.4 is 0 Å². The van der Waals surface area contributed by atoms with Crippen molar-refractivity contribution in [2.75, 3.05) is 0 Å². The Kier molecular flexibility index (Phi) is 3.14. The summed E-state index contributed by atoms with van der Waals surface area (Å²) < 4.78 is 0.990. The largest absolute Gasteiger partial charge is 0.244 e. The van der Waals surface area contributed by atoms with Crippen LogP contribution >= 0.6 is 43.5 Å². The van der Waals surface area contributed by atoms with Gasteiger partial charge in [0.25, 0.3) is 0 Å². The van der Waals surface area contributed by atoms with E-state index in [0.29, 0.717) is 5.15 Å². The van der Waals surface area contributed by atoms with Gasteiger partial charge in [0.05, 0.1) is 0 Å². The van der Waals surface area contributed by atoms with Crippen LogP contribution in [0, 0.1) is 0 Å². The molecule has 1 nitrogen and oxygen atoms in total. The van der Waals surface area contributed by atoms with E-state index in [4.69, 9.17) is 11.6 Å². The third kappa shape index (κ3) is 1.71. The van der Waals surface area contributed by atoms with Crippen LogP contribution in [0.4, 0.5) is 0 Å². The van der Waals surface area contributed by atoms with Crippen LogP contribution in [0.1, 0.15) is 5.56 Å². The number of nitrogens with zero attached hydrogens (tertiary/aromatic N) is 1. The van der Waals surface area contributed by atoms with E-state index in [1.807, 2.05) is 6.07 Å². The smallest absolute Gasteiger partial charge is 0.134 e. The number of alkyl halides is 1. The topological polar surface area (TPSA) is 12.9 Å². The van der Waals surface area contributed by atoms with Crippen molar-refractivity contribution in [1.29, 1.82) is 0 Å². The first-order valence-corrected chi connectivity index (χ1v) is 4.90. The molecule has 0 atom stereocenters. The van der Waals surface area contributed by atoms with Gasteiger partial charge in [-0.25, -0.2) is 4.98 Å². The molecule has 0 aliphatic heterocycles. The summed E-state index contributed by atoms with van der Waals surface area (Å²) in [7, 11) is 0. The van der Waals surface area contributed by atoms with Gasteiger partial charge in [0.2, 0.25) is 0 Å². The number of aromatic nitrogens is 1. The molecule has 0 spiro atoms. The summed E-state index contributed by atoms with van der Waals surface area (Å²) in [5.74, 6) is 0. The molecular weight excluding hydrogens is 281 g/mol. The molecule has 0 saturated heterocycles. The highest BCUT2D eigenvalue weighted by Crippen LogP contribution is 2.24. The summed E-state index contributed by atoms with van der Waals surface area (Å²) in [6, 6.07) is 1.86. The number of halogens is 3. The SMILES string of the molecule is Clc1nccc(Br)c1CBr. The predicted octanol–water partition coefficient (Wildman–Crippen LogP) is 3.39. The second kappa shape index (κ2) is 3.69. The van der Waals surface area contributed by atoms with Gasteiger partial charge in [-0.15, -0.1) is 0 Å². The average Bonchev–Trinajstić information content (AvgIpc) is 1.88. The van der Waals surface area contributed by atoms with Crippen LogP contribution in [0.2, 0.25) is 5.15 Å². The molecule has 0 aromatic carbocycles. The van der Waals surface area contributed by atoms with Crippen molar-refractivity contribution < 1.29 is 0 Å². The van der Waals surface area contributed by atoms with Crippen LogP contribution in [0.25, 0.3) is 0 Å². The van der Waals surface area contributed by atoms with Gasteiger partial charge in [0, 0.05) is 21.6 Å². The minimum absolute atomic E-state index is 0.547. The van der Waals surface area contributed by atoms with Gasteiger partial charge in [-0.2, -0.15) is 0 Å². The van der Waals surface area contributed by atoms with Crippen LogP contribution in [0.5, 0.6) is 0 Å². The van der Waals surface area contributed by atoms with E-state index in [-0.39, 0.29) is 0 Å². The third-order valence-corrected chi connectivity index (χ3v) is 2.71. The Morgan fingerprint density at radius 1 is 1.60 bits per heavy atom. The van der Waals surface area contributed by atoms with E-state index < -0.39 is 0 Å². The lowest BCUT2D eigenvalue weighted by Crippen LogP contribution is -1.84. The standard InChI is InChI=1S/C6H4Br2ClN/c7-3-4-5(8)1-2-10-6(4)9/h1-2H,3H2. The van der Waals surface area contributed by atoms with Crippen molar-refractivity contribution in [2.24, 2.45) is 0 Å². The van der Waals surface area contributed by atoms with Gasteiger partial charge in [-0.1, -0.05) is 43.5 Å². The van der Waals surface area contributed by atoms with Crippen molar-refractivity contribution in [2.45, 2.75) is 5.33 Å². The van der Waals surface area contributed by atoms with Gasteiger partial charge in [-0.05, 0) is 6.07 Å². The second-order valence-electron chi connectivity index (χ2n) is 1.70. The molecule has 1 rings (SSSR count). The van der Waals surface area contributed by atoms with Crippen molar-refractivity contribution in [3.8, 4) is 0 Å². The highest BCUT2D eigenvalue weighted by Gasteiger charge is 2.02. The number of rotatable bonds is 1. The maximum atomic E-state index is 5.76. The molecule has 0 saturated carbocycles. The first kappa shape index (κ1) is 8.50. The fourth-order valence-corrected chi connectivity index (χ4v) is 2.45. The molecule has 54 valence electrons. The summed E-state index contributed by atoms with van der Waals surface area (Å²) in [5, 5.41) is 1.27. The minimum atomic E-state index is 0.547. The lowest BCUT2D eigenvalue weighted by Gasteiger charge is -1.99. The quantitative estimate of drug-likeness (QED) is 0.569. The average molecular weight is 285 g/mol. The van der Waals surface area contributed by atoms with E-state index >= 15 is 0 Å². The Morgan fingerprint density at radius 2 is 2.30 bits per heavy atom. The molecule has 0 unspecified atom stereocenters. The van der Waals surface area contributed by atoms with E-state index in [0.717, 1.165) is 15.4 Å². The Bertz CT molecular complexity index is 219. The number of hydrogen-bond donors (Lipinski definition) is 0. The fourth-order valence-electron chi connectivity index (χ4n) is 0.564. The van der Waals surface area contributed by atoms with Crippen molar-refractivity contribution in [1.82, 2.24) is 4.98 Å². The van der Waals surface area contributed by atoms with Crippen LogP contribution in [0.3, 0.4) is 0 Å². The Hall–Kier alpha value is 0.400. The molecule has 1 aromatic heterocycles. The van der Waals surface area contributed by atoms with Crippen molar-refractivity contribution >= 4 is 43.5 Å². The molecule has 0 N–H and O–H groups in total. The molecule has 0 fully saturated rings. The minimum Gasteiger partial charge on any atom is -0.244 e. The van der Waals surface area contributed by atoms with Crippen LogP contribution in [0.15, 0.2) is 16.7 Å². The highest BCUT2D eigenvalue weighted by molar-refractivity contribution is 9.10. The Balaban J connectivity index is 3.17. The van der Waals surface area contributed by atoms with Gasteiger partial charge in [-0.3, -0.25) is 0 Å². The number of pyridine rings is 1. The van der Waals surface area contributed by atoms with Crippen molar-refractivity contribution in [3.05, 3.63) is 27.5 Å². The molecule has 0 amide bonds. The third-order valence-electron chi connectivity index (χ3n) is 1.08. The first-order valence-electron chi connectivity index (χ1n) is 2.60. The molecule has 1 heterocycles. The lowest BCUT2D eigenvalue weighted by atomic mass is 10.3. The van der Waals surface area contributed by atoms with E-state index in [2.05, 4.69) is 36.8 Å². The molecule has 4 heteroatoms. The monoisotopic (exact) mass is 283 g/mol. The zero-order valence-corrected chi connectivity index (χ0v) is 8.87.